The van der Waals surface area contributed by atoms with Crippen molar-refractivity contribution < 1.29 is 14.0 Å². The van der Waals surface area contributed by atoms with Crippen molar-refractivity contribution in [1.29, 1.82) is 0 Å². The van der Waals surface area contributed by atoms with Gasteiger partial charge in [0.15, 0.2) is 0 Å². The molecule has 0 amide bonds. The second-order valence-corrected chi connectivity index (χ2v) is 10.1. The van der Waals surface area contributed by atoms with Crippen LogP contribution in [-0.2, 0) is 11.3 Å². The SMILES string of the molecule is C=C(O/N=C(\C)C(C)C)N1CCC(C2CC2CCOc2ccc(Cc3nnco3)c(C)c2)CC1. The molecule has 1 aliphatic heterocycles. The molecule has 2 fully saturated rings. The first-order chi connectivity index (χ1) is 16.4. The van der Waals surface area contributed by atoms with Crippen LogP contribution in [0.25, 0.3) is 0 Å². The van der Waals surface area contributed by atoms with Crippen molar-refractivity contribution in [2.75, 3.05) is 19.7 Å². The zero-order valence-electron chi connectivity index (χ0n) is 21.0. The largest absolute Gasteiger partial charge is 0.494 e. The number of nitrogens with zero attached hydrogens (tertiary/aromatic N) is 4. The van der Waals surface area contributed by atoms with Crippen LogP contribution < -0.4 is 4.74 Å². The minimum atomic E-state index is 0.389. The minimum absolute atomic E-state index is 0.389. The van der Waals surface area contributed by atoms with Gasteiger partial charge in [0.25, 0.3) is 0 Å². The number of likely N-dealkylation sites (tertiary alicyclic amines) is 1. The van der Waals surface area contributed by atoms with Gasteiger partial charge in [-0.25, -0.2) is 0 Å². The number of hydrogen-bond acceptors (Lipinski definition) is 7. The van der Waals surface area contributed by atoms with E-state index in [4.69, 9.17) is 14.0 Å². The fourth-order valence-electron chi connectivity index (χ4n) is 4.77. The fourth-order valence-corrected chi connectivity index (χ4v) is 4.77. The van der Waals surface area contributed by atoms with E-state index in [1.54, 1.807) is 0 Å². The molecule has 2 aliphatic rings. The Morgan fingerprint density at radius 3 is 2.76 bits per heavy atom. The van der Waals surface area contributed by atoms with Crippen LogP contribution in [0.2, 0.25) is 0 Å². The van der Waals surface area contributed by atoms with E-state index < -0.39 is 0 Å². The Hall–Kier alpha value is -2.83. The first-order valence-corrected chi connectivity index (χ1v) is 12.5. The van der Waals surface area contributed by atoms with Gasteiger partial charge in [-0.3, -0.25) is 0 Å². The van der Waals surface area contributed by atoms with Crippen molar-refractivity contribution in [1.82, 2.24) is 15.1 Å². The molecule has 1 saturated heterocycles. The van der Waals surface area contributed by atoms with Crippen LogP contribution in [0, 0.1) is 30.6 Å². The first kappa shape index (κ1) is 24.3. The third kappa shape index (κ3) is 6.39. The van der Waals surface area contributed by atoms with Gasteiger partial charge in [-0.05, 0) is 93.0 Å². The Labute approximate surface area is 203 Å². The lowest BCUT2D eigenvalue weighted by Crippen LogP contribution is -2.34. The lowest BCUT2D eigenvalue weighted by molar-refractivity contribution is 0.0875. The van der Waals surface area contributed by atoms with Crippen molar-refractivity contribution in [2.24, 2.45) is 28.8 Å². The highest BCUT2D eigenvalue weighted by Crippen LogP contribution is 2.50. The number of hydrogen-bond donors (Lipinski definition) is 0. The van der Waals surface area contributed by atoms with Crippen molar-refractivity contribution in [3.05, 3.63) is 54.1 Å². The van der Waals surface area contributed by atoms with E-state index in [0.717, 1.165) is 55.3 Å². The third-order valence-electron chi connectivity index (χ3n) is 7.42. The van der Waals surface area contributed by atoms with E-state index in [-0.39, 0.29) is 0 Å². The van der Waals surface area contributed by atoms with Gasteiger partial charge in [-0.2, -0.15) is 0 Å². The number of aryl methyl sites for hydroxylation is 1. The van der Waals surface area contributed by atoms with E-state index in [9.17, 15) is 0 Å². The highest BCUT2D eigenvalue weighted by molar-refractivity contribution is 5.83. The van der Waals surface area contributed by atoms with E-state index in [2.05, 4.69) is 59.7 Å². The monoisotopic (exact) mass is 466 g/mol. The van der Waals surface area contributed by atoms with Crippen LogP contribution in [0.4, 0.5) is 0 Å². The number of piperidine rings is 1. The summed E-state index contributed by atoms with van der Waals surface area (Å²) in [6, 6.07) is 6.24. The molecule has 0 spiro atoms. The second kappa shape index (κ2) is 11.1. The molecule has 1 aromatic carbocycles. The summed E-state index contributed by atoms with van der Waals surface area (Å²) in [6.07, 6.45) is 6.90. The molecule has 184 valence electrons. The summed E-state index contributed by atoms with van der Waals surface area (Å²) in [5.41, 5.74) is 3.36. The van der Waals surface area contributed by atoms with Gasteiger partial charge >= 0.3 is 0 Å². The molecule has 4 rings (SSSR count). The molecule has 0 bridgehead atoms. The molecule has 7 nitrogen and oxygen atoms in total. The maximum Gasteiger partial charge on any atom is 0.220 e. The van der Waals surface area contributed by atoms with Crippen LogP contribution >= 0.6 is 0 Å². The fraction of sp³-hybridized carbons (Fsp3) is 0.593. The Morgan fingerprint density at radius 1 is 1.29 bits per heavy atom. The average Bonchev–Trinajstić information content (AvgIpc) is 3.41. The predicted molar refractivity (Wildman–Crippen MR) is 132 cm³/mol. The Bertz CT molecular complexity index is 978. The molecule has 0 radical (unpaired) electrons. The maximum absolute atomic E-state index is 6.07. The summed E-state index contributed by atoms with van der Waals surface area (Å²) >= 11 is 0. The van der Waals surface area contributed by atoms with Gasteiger partial charge in [0.1, 0.15) is 5.75 Å². The molecule has 2 atom stereocenters. The summed E-state index contributed by atoms with van der Waals surface area (Å²) in [4.78, 5) is 7.80. The highest BCUT2D eigenvalue weighted by atomic mass is 16.6. The molecular weight excluding hydrogens is 428 g/mol. The van der Waals surface area contributed by atoms with Crippen LogP contribution in [0.5, 0.6) is 5.75 Å². The molecule has 1 aromatic heterocycles. The van der Waals surface area contributed by atoms with E-state index >= 15 is 0 Å². The molecule has 2 unspecified atom stereocenters. The smallest absolute Gasteiger partial charge is 0.220 e. The van der Waals surface area contributed by atoms with Crippen LogP contribution in [-0.4, -0.2) is 40.5 Å². The molecular formula is C27H38N4O3. The zero-order chi connectivity index (χ0) is 24.1. The highest BCUT2D eigenvalue weighted by Gasteiger charge is 2.43. The number of rotatable bonds is 11. The Kier molecular flexibility index (Phi) is 7.91. The summed E-state index contributed by atoms with van der Waals surface area (Å²) in [7, 11) is 0. The van der Waals surface area contributed by atoms with Crippen molar-refractivity contribution in [3.8, 4) is 5.75 Å². The van der Waals surface area contributed by atoms with E-state index in [1.165, 1.54) is 36.8 Å². The predicted octanol–water partition coefficient (Wildman–Crippen LogP) is 5.61. The number of ether oxygens (including phenoxy) is 1. The molecule has 1 aliphatic carbocycles. The quantitative estimate of drug-likeness (QED) is 0.244. The summed E-state index contributed by atoms with van der Waals surface area (Å²) < 4.78 is 11.3. The molecule has 7 heteroatoms. The normalized spacial score (nSPS) is 21.1. The number of benzene rings is 1. The van der Waals surface area contributed by atoms with E-state index in [0.29, 0.717) is 24.1 Å². The average molecular weight is 467 g/mol. The minimum Gasteiger partial charge on any atom is -0.494 e. The third-order valence-corrected chi connectivity index (χ3v) is 7.42. The molecule has 2 aromatic rings. The van der Waals surface area contributed by atoms with Crippen LogP contribution in [0.15, 0.2) is 46.6 Å². The summed E-state index contributed by atoms with van der Waals surface area (Å²) in [5.74, 6) is 5.09. The lowest BCUT2D eigenvalue weighted by atomic mass is 9.90. The molecule has 34 heavy (non-hydrogen) atoms. The maximum atomic E-state index is 6.07. The Balaban J connectivity index is 1.14. The topological polar surface area (TPSA) is 73.0 Å². The van der Waals surface area contributed by atoms with Gasteiger partial charge in [-0.15, -0.1) is 10.2 Å². The van der Waals surface area contributed by atoms with Gasteiger partial charge in [0, 0.05) is 13.1 Å². The van der Waals surface area contributed by atoms with Crippen molar-refractivity contribution in [3.63, 3.8) is 0 Å². The van der Waals surface area contributed by atoms with Gasteiger partial charge in [0.05, 0.1) is 18.7 Å². The molecule has 1 saturated carbocycles. The van der Waals surface area contributed by atoms with Crippen molar-refractivity contribution >= 4 is 5.71 Å². The first-order valence-electron chi connectivity index (χ1n) is 12.5. The molecule has 2 heterocycles. The van der Waals surface area contributed by atoms with Crippen molar-refractivity contribution in [2.45, 2.75) is 59.8 Å². The Morgan fingerprint density at radius 2 is 2.09 bits per heavy atom. The van der Waals surface area contributed by atoms with Gasteiger partial charge < -0.3 is 18.9 Å². The zero-order valence-corrected chi connectivity index (χ0v) is 21.0. The summed E-state index contributed by atoms with van der Waals surface area (Å²) in [6.45, 7) is 15.2. The van der Waals surface area contributed by atoms with Crippen LogP contribution in [0.3, 0.4) is 0 Å². The summed E-state index contributed by atoms with van der Waals surface area (Å²) in [5, 5.41) is 11.9. The van der Waals surface area contributed by atoms with Crippen LogP contribution in [0.1, 0.15) is 63.5 Å². The number of aromatic nitrogens is 2. The second-order valence-electron chi connectivity index (χ2n) is 10.1. The lowest BCUT2D eigenvalue weighted by Gasteiger charge is -2.33. The molecule has 0 N–H and O–H groups in total. The standard InChI is InChI=1S/C27H38N4O3/c1-18(2)20(4)30-34-21(5)31-11-8-22(9-12-31)26-15-24(26)10-13-32-25-7-6-23(19(3)14-25)16-27-29-28-17-33-27/h6-7,14,17-18,22,24,26H,5,8-13,15-16H2,1-4H3/b30-20+. The number of oxime groups is 1. The van der Waals surface area contributed by atoms with Gasteiger partial charge in [0.2, 0.25) is 18.2 Å². The van der Waals surface area contributed by atoms with E-state index in [1.807, 2.05) is 13.0 Å². The van der Waals surface area contributed by atoms with Gasteiger partial charge in [-0.1, -0.05) is 25.1 Å².